The van der Waals surface area contributed by atoms with Crippen LogP contribution in [0.2, 0.25) is 0 Å². The molecule has 0 aliphatic carbocycles. The summed E-state index contributed by atoms with van der Waals surface area (Å²) in [5, 5.41) is 27.0. The molecule has 0 atom stereocenters. The molecule has 13 heavy (non-hydrogen) atoms. The van der Waals surface area contributed by atoms with Gasteiger partial charge in [0.15, 0.2) is 0 Å². The number of aromatic hydroxyl groups is 1. The summed E-state index contributed by atoms with van der Waals surface area (Å²) >= 11 is 0. The molecule has 1 aromatic carbocycles. The molecular formula is C7H7BN2O3. The Bertz CT molecular complexity index is 440. The molecule has 0 bridgehead atoms. The highest BCUT2D eigenvalue weighted by molar-refractivity contribution is 6.60. The molecule has 1 heterocycles. The number of phenols is 1. The fraction of sp³-hybridized carbons (Fsp3) is 0. The summed E-state index contributed by atoms with van der Waals surface area (Å²) in [6.45, 7) is 0. The summed E-state index contributed by atoms with van der Waals surface area (Å²) in [5.41, 5.74) is 1.31. The van der Waals surface area contributed by atoms with Crippen molar-refractivity contribution in [1.29, 1.82) is 0 Å². The number of hydrogen-bond donors (Lipinski definition) is 4. The van der Waals surface area contributed by atoms with Crippen LogP contribution in [0.25, 0.3) is 11.0 Å². The lowest BCUT2D eigenvalue weighted by Crippen LogP contribution is -2.29. The highest BCUT2D eigenvalue weighted by Gasteiger charge is 2.17. The zero-order chi connectivity index (χ0) is 9.42. The van der Waals surface area contributed by atoms with Crippen molar-refractivity contribution in [2.24, 2.45) is 0 Å². The molecule has 0 spiro atoms. The van der Waals surface area contributed by atoms with E-state index in [1.807, 2.05) is 0 Å². The second-order valence-electron chi connectivity index (χ2n) is 2.70. The van der Waals surface area contributed by atoms with Crippen LogP contribution in [0.4, 0.5) is 0 Å². The molecule has 4 N–H and O–H groups in total. The minimum absolute atomic E-state index is 0.0664. The summed E-state index contributed by atoms with van der Waals surface area (Å²) in [6.07, 6.45) is 1.47. The SMILES string of the molecule is OB(O)c1cc2[nH]cnc2cc1O. The number of nitrogens with zero attached hydrogens (tertiary/aromatic N) is 1. The van der Waals surface area contributed by atoms with Gasteiger partial charge in [0.2, 0.25) is 0 Å². The van der Waals surface area contributed by atoms with Crippen LogP contribution in [0.5, 0.6) is 5.75 Å². The number of hydrogen-bond acceptors (Lipinski definition) is 4. The van der Waals surface area contributed by atoms with Gasteiger partial charge in [0.25, 0.3) is 0 Å². The number of imidazole rings is 1. The van der Waals surface area contributed by atoms with Gasteiger partial charge in [-0.1, -0.05) is 0 Å². The van der Waals surface area contributed by atoms with Crippen molar-refractivity contribution in [3.63, 3.8) is 0 Å². The van der Waals surface area contributed by atoms with Crippen molar-refractivity contribution in [3.05, 3.63) is 18.5 Å². The predicted molar refractivity (Wildman–Crippen MR) is 47.6 cm³/mol. The number of rotatable bonds is 1. The monoisotopic (exact) mass is 178 g/mol. The first kappa shape index (κ1) is 8.09. The van der Waals surface area contributed by atoms with Crippen molar-refractivity contribution in [2.45, 2.75) is 0 Å². The largest absolute Gasteiger partial charge is 0.508 e. The topological polar surface area (TPSA) is 89.4 Å². The van der Waals surface area contributed by atoms with E-state index in [-0.39, 0.29) is 11.2 Å². The third-order valence-corrected chi connectivity index (χ3v) is 1.85. The lowest BCUT2D eigenvalue weighted by molar-refractivity contribution is 0.420. The Kier molecular flexibility index (Phi) is 1.71. The number of aromatic amines is 1. The van der Waals surface area contributed by atoms with E-state index in [1.165, 1.54) is 18.5 Å². The summed E-state index contributed by atoms with van der Waals surface area (Å²) in [4.78, 5) is 6.70. The van der Waals surface area contributed by atoms with Crippen molar-refractivity contribution >= 4 is 23.6 Å². The first-order valence-corrected chi connectivity index (χ1v) is 3.70. The van der Waals surface area contributed by atoms with Gasteiger partial charge in [-0.3, -0.25) is 0 Å². The van der Waals surface area contributed by atoms with Crippen LogP contribution in [0.1, 0.15) is 0 Å². The van der Waals surface area contributed by atoms with E-state index in [0.717, 1.165) is 0 Å². The van der Waals surface area contributed by atoms with E-state index >= 15 is 0 Å². The molecule has 0 radical (unpaired) electrons. The van der Waals surface area contributed by atoms with Gasteiger partial charge in [-0.2, -0.15) is 0 Å². The molecule has 0 fully saturated rings. The van der Waals surface area contributed by atoms with Crippen LogP contribution in [0.15, 0.2) is 18.5 Å². The Morgan fingerprint density at radius 1 is 1.31 bits per heavy atom. The van der Waals surface area contributed by atoms with Crippen LogP contribution < -0.4 is 5.46 Å². The van der Waals surface area contributed by atoms with Gasteiger partial charge in [0.1, 0.15) is 5.75 Å². The molecule has 66 valence electrons. The molecule has 5 nitrogen and oxygen atoms in total. The number of aromatic nitrogens is 2. The Morgan fingerprint density at radius 2 is 2.08 bits per heavy atom. The molecule has 2 aromatic rings. The van der Waals surface area contributed by atoms with Gasteiger partial charge in [-0.15, -0.1) is 0 Å². The van der Waals surface area contributed by atoms with E-state index < -0.39 is 7.12 Å². The average molecular weight is 178 g/mol. The molecule has 0 aliphatic rings. The fourth-order valence-corrected chi connectivity index (χ4v) is 1.19. The number of fused-ring (bicyclic) bond motifs is 1. The summed E-state index contributed by atoms with van der Waals surface area (Å²) < 4.78 is 0. The predicted octanol–water partition coefficient (Wildman–Crippen LogP) is -1.05. The fourth-order valence-electron chi connectivity index (χ4n) is 1.19. The Morgan fingerprint density at radius 3 is 2.77 bits per heavy atom. The van der Waals surface area contributed by atoms with Gasteiger partial charge < -0.3 is 20.1 Å². The molecule has 2 rings (SSSR count). The number of nitrogens with one attached hydrogen (secondary N) is 1. The minimum atomic E-state index is -1.67. The first-order chi connectivity index (χ1) is 6.18. The van der Waals surface area contributed by atoms with E-state index in [0.29, 0.717) is 11.0 Å². The highest BCUT2D eigenvalue weighted by atomic mass is 16.4. The minimum Gasteiger partial charge on any atom is -0.508 e. The second kappa shape index (κ2) is 2.76. The third kappa shape index (κ3) is 1.26. The van der Waals surface area contributed by atoms with E-state index in [9.17, 15) is 5.11 Å². The van der Waals surface area contributed by atoms with Crippen LogP contribution in [-0.2, 0) is 0 Å². The van der Waals surface area contributed by atoms with Gasteiger partial charge in [-0.05, 0) is 6.07 Å². The molecule has 0 saturated heterocycles. The molecule has 0 unspecified atom stereocenters. The maximum atomic E-state index is 9.32. The van der Waals surface area contributed by atoms with E-state index in [2.05, 4.69) is 9.97 Å². The van der Waals surface area contributed by atoms with Crippen LogP contribution in [-0.4, -0.2) is 32.2 Å². The lowest BCUT2D eigenvalue weighted by Gasteiger charge is -2.01. The number of H-pyrrole nitrogens is 1. The quantitative estimate of drug-likeness (QED) is 0.419. The van der Waals surface area contributed by atoms with E-state index in [1.54, 1.807) is 0 Å². The highest BCUT2D eigenvalue weighted by Crippen LogP contribution is 2.14. The Hall–Kier alpha value is -1.53. The zero-order valence-electron chi connectivity index (χ0n) is 6.60. The Labute approximate surface area is 73.8 Å². The smallest absolute Gasteiger partial charge is 0.492 e. The van der Waals surface area contributed by atoms with Crippen molar-refractivity contribution < 1.29 is 15.2 Å². The van der Waals surface area contributed by atoms with Crippen LogP contribution in [0, 0.1) is 0 Å². The van der Waals surface area contributed by atoms with Gasteiger partial charge in [0.05, 0.1) is 17.4 Å². The van der Waals surface area contributed by atoms with Crippen LogP contribution in [0.3, 0.4) is 0 Å². The Balaban J connectivity index is 2.69. The standard InChI is InChI=1S/C7H7BN2O3/c11-7-2-6-5(9-3-10-6)1-4(7)8(12)13/h1-3,11-13H,(H,9,10). The van der Waals surface area contributed by atoms with Gasteiger partial charge in [0, 0.05) is 11.5 Å². The summed E-state index contributed by atoms with van der Waals surface area (Å²) in [6, 6.07) is 2.82. The van der Waals surface area contributed by atoms with Crippen LogP contribution >= 0.6 is 0 Å². The lowest BCUT2D eigenvalue weighted by atomic mass is 9.79. The molecule has 0 aliphatic heterocycles. The summed E-state index contributed by atoms with van der Waals surface area (Å²) in [5.74, 6) is -0.172. The molecular weight excluding hydrogens is 171 g/mol. The normalized spacial score (nSPS) is 10.6. The van der Waals surface area contributed by atoms with E-state index in [4.69, 9.17) is 10.0 Å². The van der Waals surface area contributed by atoms with Crippen molar-refractivity contribution in [2.75, 3.05) is 0 Å². The molecule has 1 aromatic heterocycles. The third-order valence-electron chi connectivity index (χ3n) is 1.85. The average Bonchev–Trinajstić information content (AvgIpc) is 2.48. The maximum Gasteiger partial charge on any atom is 0.492 e. The van der Waals surface area contributed by atoms with Crippen molar-refractivity contribution in [1.82, 2.24) is 9.97 Å². The maximum absolute atomic E-state index is 9.32. The first-order valence-electron chi connectivity index (χ1n) is 3.70. The number of benzene rings is 1. The van der Waals surface area contributed by atoms with Crippen molar-refractivity contribution in [3.8, 4) is 5.75 Å². The zero-order valence-corrected chi connectivity index (χ0v) is 6.60. The molecule has 0 saturated carbocycles. The van der Waals surface area contributed by atoms with Gasteiger partial charge in [-0.25, -0.2) is 4.98 Å². The molecule has 6 heteroatoms. The number of phenolic OH excluding ortho intramolecular Hbond substituents is 1. The summed E-state index contributed by atoms with van der Waals surface area (Å²) in [7, 11) is -1.67. The molecule has 0 amide bonds. The van der Waals surface area contributed by atoms with Gasteiger partial charge >= 0.3 is 7.12 Å². The second-order valence-corrected chi connectivity index (χ2v) is 2.70.